The lowest BCUT2D eigenvalue weighted by molar-refractivity contribution is 0.172. The van der Waals surface area contributed by atoms with Crippen LogP contribution in [0.15, 0.2) is 4.47 Å². The number of nitriles is 1. The summed E-state index contributed by atoms with van der Waals surface area (Å²) in [6.45, 7) is 3.80. The molecule has 1 aliphatic rings. The highest BCUT2D eigenvalue weighted by atomic mass is 79.9. The van der Waals surface area contributed by atoms with Crippen LogP contribution in [0, 0.1) is 18.3 Å². The molecule has 0 N–H and O–H groups in total. The van der Waals surface area contributed by atoms with E-state index in [4.69, 9.17) is 5.26 Å². The average Bonchev–Trinajstić information content (AvgIpc) is 2.57. The van der Waals surface area contributed by atoms with Crippen LogP contribution in [0.3, 0.4) is 0 Å². The van der Waals surface area contributed by atoms with Crippen LogP contribution in [0.1, 0.15) is 30.7 Å². The predicted molar refractivity (Wildman–Crippen MR) is 69.3 cm³/mol. The topological polar surface area (TPSA) is 44.9 Å². The summed E-state index contributed by atoms with van der Waals surface area (Å²) in [5.41, 5.74) is 2.16. The molecule has 0 radical (unpaired) electrons. The SMILES string of the molecule is Cc1nn(C)c(CN2CCCCC2C#N)c1Br. The molecule has 1 saturated heterocycles. The fourth-order valence-corrected chi connectivity index (χ4v) is 2.83. The van der Waals surface area contributed by atoms with E-state index in [0.29, 0.717) is 0 Å². The number of nitrogens with zero attached hydrogens (tertiary/aromatic N) is 4. The molecule has 1 aliphatic heterocycles. The van der Waals surface area contributed by atoms with Gasteiger partial charge in [-0.05, 0) is 48.7 Å². The standard InChI is InChI=1S/C12H17BrN4/c1-9-12(13)11(16(2)15-9)8-17-6-4-3-5-10(17)7-14/h10H,3-6,8H2,1-2H3. The summed E-state index contributed by atoms with van der Waals surface area (Å²) in [7, 11) is 1.96. The first-order valence-electron chi connectivity index (χ1n) is 5.95. The Bertz CT molecular complexity index is 446. The molecule has 2 rings (SSSR count). The lowest BCUT2D eigenvalue weighted by Crippen LogP contribution is -2.38. The van der Waals surface area contributed by atoms with E-state index in [2.05, 4.69) is 32.0 Å². The van der Waals surface area contributed by atoms with Crippen LogP contribution in [-0.4, -0.2) is 27.3 Å². The molecule has 0 saturated carbocycles. The van der Waals surface area contributed by atoms with Gasteiger partial charge in [-0.3, -0.25) is 9.58 Å². The smallest absolute Gasteiger partial charge is 0.0981 e. The third kappa shape index (κ3) is 2.53. The molecule has 0 amide bonds. The van der Waals surface area contributed by atoms with E-state index in [9.17, 15) is 0 Å². The minimum atomic E-state index is 0.0610. The highest BCUT2D eigenvalue weighted by Gasteiger charge is 2.24. The second-order valence-corrected chi connectivity index (χ2v) is 5.37. The molecule has 5 heteroatoms. The maximum Gasteiger partial charge on any atom is 0.0981 e. The number of aromatic nitrogens is 2. The lowest BCUT2D eigenvalue weighted by Gasteiger charge is -2.31. The number of piperidine rings is 1. The van der Waals surface area contributed by atoms with Crippen LogP contribution >= 0.6 is 15.9 Å². The first-order valence-corrected chi connectivity index (χ1v) is 6.74. The molecule has 1 aromatic heterocycles. The van der Waals surface area contributed by atoms with Crippen molar-refractivity contribution in [1.29, 1.82) is 5.26 Å². The van der Waals surface area contributed by atoms with Crippen molar-refractivity contribution >= 4 is 15.9 Å². The van der Waals surface area contributed by atoms with Crippen molar-refractivity contribution in [3.8, 4) is 6.07 Å². The minimum absolute atomic E-state index is 0.0610. The molecule has 0 aliphatic carbocycles. The number of halogens is 1. The van der Waals surface area contributed by atoms with Gasteiger partial charge in [0.1, 0.15) is 0 Å². The van der Waals surface area contributed by atoms with Gasteiger partial charge in [0.25, 0.3) is 0 Å². The Morgan fingerprint density at radius 2 is 2.29 bits per heavy atom. The van der Waals surface area contributed by atoms with Gasteiger partial charge in [-0.1, -0.05) is 0 Å². The second kappa shape index (κ2) is 5.19. The molecule has 0 bridgehead atoms. The van der Waals surface area contributed by atoms with Crippen molar-refractivity contribution in [2.75, 3.05) is 6.54 Å². The van der Waals surface area contributed by atoms with Crippen LogP contribution in [0.4, 0.5) is 0 Å². The monoisotopic (exact) mass is 296 g/mol. The molecule has 2 heterocycles. The first kappa shape index (κ1) is 12.6. The highest BCUT2D eigenvalue weighted by Crippen LogP contribution is 2.25. The largest absolute Gasteiger partial charge is 0.282 e. The fraction of sp³-hybridized carbons (Fsp3) is 0.667. The number of rotatable bonds is 2. The van der Waals surface area contributed by atoms with E-state index >= 15 is 0 Å². The number of hydrogen-bond donors (Lipinski definition) is 0. The van der Waals surface area contributed by atoms with Crippen LogP contribution in [0.25, 0.3) is 0 Å². The third-order valence-corrected chi connectivity index (χ3v) is 4.41. The molecule has 0 spiro atoms. The van der Waals surface area contributed by atoms with Crippen LogP contribution < -0.4 is 0 Å². The summed E-state index contributed by atoms with van der Waals surface area (Å²) in [5, 5.41) is 13.5. The minimum Gasteiger partial charge on any atom is -0.282 e. The summed E-state index contributed by atoms with van der Waals surface area (Å²) in [6, 6.07) is 2.46. The normalized spacial score (nSPS) is 21.4. The summed E-state index contributed by atoms with van der Waals surface area (Å²) >= 11 is 3.58. The van der Waals surface area contributed by atoms with Gasteiger partial charge < -0.3 is 0 Å². The highest BCUT2D eigenvalue weighted by molar-refractivity contribution is 9.10. The van der Waals surface area contributed by atoms with Gasteiger partial charge >= 0.3 is 0 Å². The lowest BCUT2D eigenvalue weighted by atomic mass is 10.0. The van der Waals surface area contributed by atoms with Crippen molar-refractivity contribution in [2.45, 2.75) is 38.8 Å². The van der Waals surface area contributed by atoms with E-state index in [1.54, 1.807) is 0 Å². The summed E-state index contributed by atoms with van der Waals surface area (Å²) in [6.07, 6.45) is 3.35. The van der Waals surface area contributed by atoms with Gasteiger partial charge in [0.05, 0.1) is 28.0 Å². The molecule has 1 unspecified atom stereocenters. The van der Waals surface area contributed by atoms with Gasteiger partial charge in [-0.15, -0.1) is 0 Å². The molecule has 1 atom stereocenters. The van der Waals surface area contributed by atoms with Gasteiger partial charge in [0.2, 0.25) is 0 Å². The summed E-state index contributed by atoms with van der Waals surface area (Å²) < 4.78 is 2.98. The summed E-state index contributed by atoms with van der Waals surface area (Å²) in [5.74, 6) is 0. The Kier molecular flexibility index (Phi) is 3.85. The number of hydrogen-bond acceptors (Lipinski definition) is 3. The van der Waals surface area contributed by atoms with Gasteiger partial charge in [-0.25, -0.2) is 0 Å². The zero-order chi connectivity index (χ0) is 12.4. The maximum atomic E-state index is 9.16. The fourth-order valence-electron chi connectivity index (χ4n) is 2.37. The van der Waals surface area contributed by atoms with Gasteiger partial charge in [0.15, 0.2) is 0 Å². The van der Waals surface area contributed by atoms with Gasteiger partial charge in [0, 0.05) is 13.6 Å². The van der Waals surface area contributed by atoms with E-state index in [-0.39, 0.29) is 6.04 Å². The van der Waals surface area contributed by atoms with Crippen molar-refractivity contribution in [3.63, 3.8) is 0 Å². The molecular weight excluding hydrogens is 280 g/mol. The molecule has 1 aromatic rings. The maximum absolute atomic E-state index is 9.16. The quantitative estimate of drug-likeness (QED) is 0.842. The van der Waals surface area contributed by atoms with Crippen LogP contribution in [0.5, 0.6) is 0 Å². The molecule has 0 aromatic carbocycles. The Morgan fingerprint density at radius 3 is 2.88 bits per heavy atom. The van der Waals surface area contributed by atoms with E-state index in [1.165, 1.54) is 12.8 Å². The van der Waals surface area contributed by atoms with Crippen molar-refractivity contribution in [1.82, 2.24) is 14.7 Å². The molecule has 4 nitrogen and oxygen atoms in total. The molecule has 1 fully saturated rings. The van der Waals surface area contributed by atoms with Crippen molar-refractivity contribution in [3.05, 3.63) is 15.9 Å². The Labute approximate surface area is 110 Å². The molecular formula is C12H17BrN4. The third-order valence-electron chi connectivity index (χ3n) is 3.38. The first-order chi connectivity index (χ1) is 8.13. The van der Waals surface area contributed by atoms with Gasteiger partial charge in [-0.2, -0.15) is 10.4 Å². The Hall–Kier alpha value is -0.860. The average molecular weight is 297 g/mol. The molecule has 17 heavy (non-hydrogen) atoms. The number of likely N-dealkylation sites (tertiary alicyclic amines) is 1. The van der Waals surface area contributed by atoms with Crippen LogP contribution in [-0.2, 0) is 13.6 Å². The Morgan fingerprint density at radius 1 is 1.53 bits per heavy atom. The predicted octanol–water partition coefficient (Wildman–Crippen LogP) is 2.37. The zero-order valence-electron chi connectivity index (χ0n) is 10.3. The Balaban J connectivity index is 2.17. The van der Waals surface area contributed by atoms with E-state index < -0.39 is 0 Å². The second-order valence-electron chi connectivity index (χ2n) is 4.58. The van der Waals surface area contributed by atoms with E-state index in [0.717, 1.165) is 35.4 Å². The zero-order valence-corrected chi connectivity index (χ0v) is 11.9. The van der Waals surface area contributed by atoms with Crippen molar-refractivity contribution < 1.29 is 0 Å². The summed E-state index contributed by atoms with van der Waals surface area (Å²) in [4.78, 5) is 2.25. The molecule has 92 valence electrons. The number of aryl methyl sites for hydroxylation is 2. The van der Waals surface area contributed by atoms with E-state index in [1.807, 2.05) is 18.7 Å². The van der Waals surface area contributed by atoms with Crippen molar-refractivity contribution in [2.24, 2.45) is 7.05 Å². The van der Waals surface area contributed by atoms with Crippen LogP contribution in [0.2, 0.25) is 0 Å².